The molecule has 1 aliphatic heterocycles. The molecule has 1 aromatic carbocycles. The quantitative estimate of drug-likeness (QED) is 0.508. The average Bonchev–Trinajstić information content (AvgIpc) is 3.11. The van der Waals surface area contributed by atoms with E-state index in [1.807, 2.05) is 18.3 Å². The molecule has 0 bridgehead atoms. The second kappa shape index (κ2) is 8.67. The largest absolute Gasteiger partial charge is 0.317 e. The van der Waals surface area contributed by atoms with Gasteiger partial charge in [-0.3, -0.25) is 0 Å². The van der Waals surface area contributed by atoms with Gasteiger partial charge in [0.25, 0.3) is 0 Å². The van der Waals surface area contributed by atoms with Crippen LogP contribution in [0.25, 0.3) is 17.3 Å². The van der Waals surface area contributed by atoms with Crippen LogP contribution in [0.1, 0.15) is 62.6 Å². The monoisotopic (exact) mass is 443 g/mol. The Balaban J connectivity index is 1.40. The van der Waals surface area contributed by atoms with E-state index in [4.69, 9.17) is 0 Å². The summed E-state index contributed by atoms with van der Waals surface area (Å²) in [5, 5.41) is 6.53. The molecule has 1 fully saturated rings. The second-order valence-corrected chi connectivity index (χ2v) is 9.33. The van der Waals surface area contributed by atoms with Crippen molar-refractivity contribution >= 4 is 17.8 Å². The van der Waals surface area contributed by atoms with Crippen LogP contribution >= 0.6 is 0 Å². The van der Waals surface area contributed by atoms with Gasteiger partial charge in [-0.05, 0) is 74.0 Å². The predicted octanol–water partition coefficient (Wildman–Crippen LogP) is 5.97. The van der Waals surface area contributed by atoms with Crippen LogP contribution in [-0.2, 0) is 5.41 Å². The summed E-state index contributed by atoms with van der Waals surface area (Å²) in [7, 11) is 0. The van der Waals surface area contributed by atoms with Crippen LogP contribution in [0.4, 0.5) is 16.2 Å². The number of rotatable bonds is 5. The van der Waals surface area contributed by atoms with Crippen LogP contribution in [0, 0.1) is 5.82 Å². The van der Waals surface area contributed by atoms with Gasteiger partial charge in [0.2, 0.25) is 5.95 Å². The van der Waals surface area contributed by atoms with Crippen LogP contribution in [0.3, 0.4) is 0 Å². The Bertz CT molecular complexity index is 1200. The number of allylic oxidation sites excluding steroid dienone is 1. The molecule has 1 unspecified atom stereocenters. The molecule has 1 saturated heterocycles. The van der Waals surface area contributed by atoms with Crippen molar-refractivity contribution in [1.29, 1.82) is 0 Å². The normalized spacial score (nSPS) is 20.4. The molecule has 0 spiro atoms. The first-order chi connectivity index (χ1) is 16.0. The Kier molecular flexibility index (Phi) is 5.71. The van der Waals surface area contributed by atoms with Gasteiger partial charge >= 0.3 is 0 Å². The van der Waals surface area contributed by atoms with E-state index in [9.17, 15) is 4.39 Å². The van der Waals surface area contributed by atoms with Crippen molar-refractivity contribution in [1.82, 2.24) is 20.3 Å². The zero-order valence-corrected chi connectivity index (χ0v) is 19.5. The highest BCUT2D eigenvalue weighted by atomic mass is 19.1. The van der Waals surface area contributed by atoms with Gasteiger partial charge in [-0.2, -0.15) is 0 Å². The zero-order chi connectivity index (χ0) is 23.0. The standard InChI is InChI=1S/C27H30FN5/c1-4-27(3)17(2)13-19-5-6-20(14-22(19)27)25-23(28)16-31-26(33-25)32-24-8-7-21(15-30-24)18-9-11-29-12-10-18/h5-8,13-16,18,29H,4,9-12H2,1-3H3,(H,30,31,32,33). The number of aromatic nitrogens is 3. The average molecular weight is 444 g/mol. The minimum absolute atomic E-state index is 0.0318. The van der Waals surface area contributed by atoms with E-state index in [2.05, 4.69) is 70.6 Å². The molecule has 0 saturated carbocycles. The number of benzene rings is 1. The molecule has 0 amide bonds. The summed E-state index contributed by atoms with van der Waals surface area (Å²) < 4.78 is 14.8. The van der Waals surface area contributed by atoms with Crippen molar-refractivity contribution in [3.8, 4) is 11.3 Å². The Morgan fingerprint density at radius 3 is 2.67 bits per heavy atom. The summed E-state index contributed by atoms with van der Waals surface area (Å²) >= 11 is 0. The molecular weight excluding hydrogens is 413 g/mol. The minimum atomic E-state index is -0.435. The van der Waals surface area contributed by atoms with Gasteiger partial charge in [-0.25, -0.2) is 19.3 Å². The van der Waals surface area contributed by atoms with E-state index in [1.165, 1.54) is 28.5 Å². The van der Waals surface area contributed by atoms with Crippen LogP contribution in [0.15, 0.2) is 48.3 Å². The number of hydrogen-bond acceptors (Lipinski definition) is 5. The van der Waals surface area contributed by atoms with Crippen molar-refractivity contribution in [3.05, 3.63) is 70.8 Å². The van der Waals surface area contributed by atoms with Gasteiger partial charge in [-0.1, -0.05) is 43.7 Å². The van der Waals surface area contributed by atoms with Crippen molar-refractivity contribution in [3.63, 3.8) is 0 Å². The summed E-state index contributed by atoms with van der Waals surface area (Å²) in [6.07, 6.45) is 8.63. The third-order valence-corrected chi connectivity index (χ3v) is 7.45. The second-order valence-electron chi connectivity index (χ2n) is 9.33. The number of nitrogens with one attached hydrogen (secondary N) is 2. The number of hydrogen-bond donors (Lipinski definition) is 2. The van der Waals surface area contributed by atoms with E-state index in [0.29, 0.717) is 23.4 Å². The molecular formula is C27H30FN5. The molecule has 6 heteroatoms. The van der Waals surface area contributed by atoms with Gasteiger partial charge in [0, 0.05) is 17.2 Å². The number of piperidine rings is 1. The fraction of sp³-hybridized carbons (Fsp3) is 0.370. The summed E-state index contributed by atoms with van der Waals surface area (Å²) in [5.74, 6) is 1.10. The first-order valence-electron chi connectivity index (χ1n) is 11.8. The number of anilines is 2. The Labute approximate surface area is 194 Å². The van der Waals surface area contributed by atoms with Crippen molar-refractivity contribution in [2.45, 2.75) is 51.4 Å². The number of fused-ring (bicyclic) bond motifs is 1. The molecule has 0 radical (unpaired) electrons. The fourth-order valence-electron chi connectivity index (χ4n) is 5.00. The number of nitrogens with zero attached hydrogens (tertiary/aromatic N) is 3. The molecule has 2 N–H and O–H groups in total. The zero-order valence-electron chi connectivity index (χ0n) is 19.5. The molecule has 170 valence electrons. The Morgan fingerprint density at radius 2 is 1.94 bits per heavy atom. The highest BCUT2D eigenvalue weighted by Crippen LogP contribution is 2.45. The molecule has 33 heavy (non-hydrogen) atoms. The lowest BCUT2D eigenvalue weighted by Crippen LogP contribution is -2.26. The molecule has 3 aromatic rings. The molecule has 5 rings (SSSR count). The van der Waals surface area contributed by atoms with Crippen molar-refractivity contribution in [2.24, 2.45) is 0 Å². The van der Waals surface area contributed by atoms with Gasteiger partial charge < -0.3 is 10.6 Å². The van der Waals surface area contributed by atoms with Crippen molar-refractivity contribution in [2.75, 3.05) is 18.4 Å². The molecule has 1 atom stereocenters. The first kappa shape index (κ1) is 21.7. The molecule has 2 aromatic heterocycles. The third kappa shape index (κ3) is 4.04. The van der Waals surface area contributed by atoms with E-state index in [0.717, 1.165) is 37.9 Å². The van der Waals surface area contributed by atoms with Gasteiger partial charge in [-0.15, -0.1) is 0 Å². The smallest absolute Gasteiger partial charge is 0.229 e. The molecule has 1 aliphatic carbocycles. The van der Waals surface area contributed by atoms with Gasteiger partial charge in [0.05, 0.1) is 6.20 Å². The predicted molar refractivity (Wildman–Crippen MR) is 131 cm³/mol. The van der Waals surface area contributed by atoms with Crippen molar-refractivity contribution < 1.29 is 4.39 Å². The minimum Gasteiger partial charge on any atom is -0.317 e. The summed E-state index contributed by atoms with van der Waals surface area (Å²) in [5.41, 5.74) is 6.04. The maximum absolute atomic E-state index is 14.8. The lowest BCUT2D eigenvalue weighted by molar-refractivity contribution is 0.459. The number of halogens is 1. The lowest BCUT2D eigenvalue weighted by Gasteiger charge is -2.27. The van der Waals surface area contributed by atoms with Crippen LogP contribution in [-0.4, -0.2) is 28.0 Å². The van der Waals surface area contributed by atoms with E-state index in [1.54, 1.807) is 0 Å². The molecule has 2 aliphatic rings. The fourth-order valence-corrected chi connectivity index (χ4v) is 5.00. The van der Waals surface area contributed by atoms with E-state index < -0.39 is 5.82 Å². The Hall–Kier alpha value is -3.12. The summed E-state index contributed by atoms with van der Waals surface area (Å²) in [6, 6.07) is 10.1. The highest BCUT2D eigenvalue weighted by molar-refractivity contribution is 5.74. The maximum Gasteiger partial charge on any atom is 0.229 e. The van der Waals surface area contributed by atoms with E-state index in [-0.39, 0.29) is 5.41 Å². The topological polar surface area (TPSA) is 62.7 Å². The van der Waals surface area contributed by atoms with Crippen LogP contribution in [0.2, 0.25) is 0 Å². The van der Waals surface area contributed by atoms with E-state index >= 15 is 0 Å². The van der Waals surface area contributed by atoms with Gasteiger partial charge in [0.15, 0.2) is 5.82 Å². The molecule has 5 nitrogen and oxygen atoms in total. The Morgan fingerprint density at radius 1 is 1.12 bits per heavy atom. The first-order valence-corrected chi connectivity index (χ1v) is 11.8. The molecule has 3 heterocycles. The highest BCUT2D eigenvalue weighted by Gasteiger charge is 2.33. The number of pyridine rings is 1. The van der Waals surface area contributed by atoms with Gasteiger partial charge in [0.1, 0.15) is 11.5 Å². The lowest BCUT2D eigenvalue weighted by atomic mass is 9.77. The maximum atomic E-state index is 14.8. The van der Waals surface area contributed by atoms with Crippen LogP contribution in [0.5, 0.6) is 0 Å². The summed E-state index contributed by atoms with van der Waals surface area (Å²) in [6.45, 7) is 8.70. The van der Waals surface area contributed by atoms with Crippen LogP contribution < -0.4 is 10.6 Å². The summed E-state index contributed by atoms with van der Waals surface area (Å²) in [4.78, 5) is 13.2. The third-order valence-electron chi connectivity index (χ3n) is 7.45. The SMILES string of the molecule is CCC1(C)C(C)=Cc2ccc(-c3nc(Nc4ccc(C5CCNCC5)cn4)ncc3F)cc21.